The predicted octanol–water partition coefficient (Wildman–Crippen LogP) is 2.25. The van der Waals surface area contributed by atoms with Crippen molar-refractivity contribution in [3.63, 3.8) is 0 Å². The first-order valence-electron chi connectivity index (χ1n) is 3.33. The van der Waals surface area contributed by atoms with Crippen molar-refractivity contribution in [3.8, 4) is 6.07 Å². The Morgan fingerprint density at radius 3 is 2.77 bits per heavy atom. The minimum atomic E-state index is -1.11. The van der Waals surface area contributed by atoms with E-state index >= 15 is 0 Å². The molecule has 0 spiro atoms. The molecule has 0 aliphatic heterocycles. The van der Waals surface area contributed by atoms with Crippen molar-refractivity contribution >= 4 is 34.4 Å². The van der Waals surface area contributed by atoms with Crippen LogP contribution in [0.5, 0.6) is 0 Å². The molecule has 66 valence electrons. The summed E-state index contributed by atoms with van der Waals surface area (Å²) in [5.41, 5.74) is 1.01. The van der Waals surface area contributed by atoms with Gasteiger partial charge in [0.25, 0.3) is 0 Å². The molecular formula is C8H5IN2O2. The molecule has 0 bridgehead atoms. The number of nitrogens with zero attached hydrogens (tertiary/aromatic N) is 1. The zero-order valence-electron chi connectivity index (χ0n) is 6.41. The summed E-state index contributed by atoms with van der Waals surface area (Å²) in [6.45, 7) is 0. The maximum Gasteiger partial charge on any atom is 0.409 e. The lowest BCUT2D eigenvalue weighted by molar-refractivity contribution is 0.209. The van der Waals surface area contributed by atoms with Crippen molar-refractivity contribution in [1.29, 1.82) is 5.26 Å². The van der Waals surface area contributed by atoms with Gasteiger partial charge >= 0.3 is 6.09 Å². The highest BCUT2D eigenvalue weighted by atomic mass is 127. The third kappa shape index (κ3) is 2.59. The van der Waals surface area contributed by atoms with Gasteiger partial charge in [-0.3, -0.25) is 5.32 Å². The van der Waals surface area contributed by atoms with Crippen molar-refractivity contribution in [2.75, 3.05) is 5.32 Å². The maximum absolute atomic E-state index is 10.3. The third-order valence-electron chi connectivity index (χ3n) is 1.34. The topological polar surface area (TPSA) is 73.1 Å². The number of hydrogen-bond donors (Lipinski definition) is 2. The zero-order chi connectivity index (χ0) is 9.84. The lowest BCUT2D eigenvalue weighted by atomic mass is 10.2. The van der Waals surface area contributed by atoms with Gasteiger partial charge in [-0.15, -0.1) is 0 Å². The van der Waals surface area contributed by atoms with Gasteiger partial charge in [-0.05, 0) is 40.8 Å². The Kier molecular flexibility index (Phi) is 3.08. The summed E-state index contributed by atoms with van der Waals surface area (Å²) in [6, 6.07) is 6.71. The number of halogens is 1. The minimum absolute atomic E-state index is 0.493. The molecule has 0 unspecified atom stereocenters. The van der Waals surface area contributed by atoms with E-state index in [-0.39, 0.29) is 0 Å². The van der Waals surface area contributed by atoms with Gasteiger partial charge in [0.2, 0.25) is 0 Å². The number of carboxylic acid groups (broad SMARTS) is 1. The molecule has 0 atom stereocenters. The van der Waals surface area contributed by atoms with Crippen LogP contribution in [0.25, 0.3) is 0 Å². The summed E-state index contributed by atoms with van der Waals surface area (Å²) >= 11 is 1.97. The van der Waals surface area contributed by atoms with E-state index in [0.29, 0.717) is 14.8 Å². The number of benzene rings is 1. The fraction of sp³-hybridized carbons (Fsp3) is 0. The molecule has 0 aliphatic rings. The van der Waals surface area contributed by atoms with E-state index in [1.807, 2.05) is 28.7 Å². The number of carbonyl (C=O) groups is 1. The van der Waals surface area contributed by atoms with Crippen molar-refractivity contribution in [2.24, 2.45) is 0 Å². The van der Waals surface area contributed by atoms with E-state index < -0.39 is 6.09 Å². The van der Waals surface area contributed by atoms with Crippen molar-refractivity contribution in [1.82, 2.24) is 0 Å². The van der Waals surface area contributed by atoms with Gasteiger partial charge in [0.1, 0.15) is 0 Å². The van der Waals surface area contributed by atoms with E-state index in [2.05, 4.69) is 5.32 Å². The van der Waals surface area contributed by atoms with Gasteiger partial charge in [-0.2, -0.15) is 5.26 Å². The molecule has 1 rings (SSSR count). The number of nitrogens with one attached hydrogen (secondary N) is 1. The first-order valence-corrected chi connectivity index (χ1v) is 4.41. The van der Waals surface area contributed by atoms with Crippen LogP contribution < -0.4 is 5.32 Å². The second kappa shape index (κ2) is 4.09. The van der Waals surface area contributed by atoms with Crippen molar-refractivity contribution in [3.05, 3.63) is 27.3 Å². The Balaban J connectivity index is 3.00. The molecule has 0 saturated carbocycles. The summed E-state index contributed by atoms with van der Waals surface area (Å²) in [5, 5.41) is 19.2. The zero-order valence-corrected chi connectivity index (χ0v) is 8.57. The van der Waals surface area contributed by atoms with Crippen LogP contribution in [0.1, 0.15) is 5.56 Å². The molecule has 0 saturated heterocycles. The van der Waals surface area contributed by atoms with Crippen LogP contribution in [-0.2, 0) is 0 Å². The highest BCUT2D eigenvalue weighted by Crippen LogP contribution is 2.18. The first-order chi connectivity index (χ1) is 6.13. The van der Waals surface area contributed by atoms with Crippen molar-refractivity contribution in [2.45, 2.75) is 0 Å². The summed E-state index contributed by atoms with van der Waals surface area (Å²) in [4.78, 5) is 10.3. The van der Waals surface area contributed by atoms with E-state index in [9.17, 15) is 4.79 Å². The Morgan fingerprint density at radius 2 is 2.31 bits per heavy atom. The Bertz CT molecular complexity index is 384. The molecule has 0 radical (unpaired) electrons. The molecule has 0 heterocycles. The van der Waals surface area contributed by atoms with Crippen LogP contribution in [0.4, 0.5) is 10.5 Å². The second-order valence-electron chi connectivity index (χ2n) is 2.24. The largest absolute Gasteiger partial charge is 0.465 e. The SMILES string of the molecule is N#Cc1ccc(NC(=O)O)c(I)c1. The first kappa shape index (κ1) is 9.80. The summed E-state index contributed by atoms with van der Waals surface area (Å²) in [6.07, 6.45) is -1.11. The average molecular weight is 288 g/mol. The minimum Gasteiger partial charge on any atom is -0.465 e. The molecule has 1 aromatic carbocycles. The van der Waals surface area contributed by atoms with Crippen LogP contribution in [0.15, 0.2) is 18.2 Å². The lowest BCUT2D eigenvalue weighted by Gasteiger charge is -2.02. The Labute approximate surface area is 88.3 Å². The lowest BCUT2D eigenvalue weighted by Crippen LogP contribution is -2.08. The fourth-order valence-electron chi connectivity index (χ4n) is 0.801. The molecule has 0 aromatic heterocycles. The van der Waals surface area contributed by atoms with Crippen LogP contribution >= 0.6 is 22.6 Å². The van der Waals surface area contributed by atoms with Crippen LogP contribution in [0.3, 0.4) is 0 Å². The van der Waals surface area contributed by atoms with Crippen molar-refractivity contribution < 1.29 is 9.90 Å². The number of anilines is 1. The van der Waals surface area contributed by atoms with Gasteiger partial charge in [-0.25, -0.2) is 4.79 Å². The quantitative estimate of drug-likeness (QED) is 0.778. The highest BCUT2D eigenvalue weighted by Gasteiger charge is 2.03. The molecule has 4 nitrogen and oxygen atoms in total. The second-order valence-corrected chi connectivity index (χ2v) is 3.40. The molecule has 0 fully saturated rings. The van der Waals surface area contributed by atoms with Crippen LogP contribution in [0, 0.1) is 14.9 Å². The van der Waals surface area contributed by atoms with E-state index in [4.69, 9.17) is 10.4 Å². The van der Waals surface area contributed by atoms with E-state index in [1.165, 1.54) is 0 Å². The normalized spacial score (nSPS) is 8.92. The molecule has 1 aromatic rings. The molecule has 13 heavy (non-hydrogen) atoms. The highest BCUT2D eigenvalue weighted by molar-refractivity contribution is 14.1. The molecule has 2 N–H and O–H groups in total. The molecular weight excluding hydrogens is 283 g/mol. The van der Waals surface area contributed by atoms with E-state index in [1.54, 1.807) is 18.2 Å². The molecule has 0 aliphatic carbocycles. The number of amides is 1. The molecule has 1 amide bonds. The van der Waals surface area contributed by atoms with Crippen LogP contribution in [0.2, 0.25) is 0 Å². The predicted molar refractivity (Wildman–Crippen MR) is 55.5 cm³/mol. The summed E-state index contributed by atoms with van der Waals surface area (Å²) < 4.78 is 0.707. The maximum atomic E-state index is 10.3. The summed E-state index contributed by atoms with van der Waals surface area (Å²) in [5.74, 6) is 0. The fourth-order valence-corrected chi connectivity index (χ4v) is 1.45. The summed E-state index contributed by atoms with van der Waals surface area (Å²) in [7, 11) is 0. The Hall–Kier alpha value is -1.29. The monoisotopic (exact) mass is 288 g/mol. The Morgan fingerprint density at radius 1 is 1.62 bits per heavy atom. The number of hydrogen-bond acceptors (Lipinski definition) is 2. The molecule has 5 heteroatoms. The standard InChI is InChI=1S/C8H5IN2O2/c9-6-3-5(4-10)1-2-7(6)11-8(12)13/h1-3,11H,(H,12,13). The van der Waals surface area contributed by atoms with Gasteiger partial charge in [-0.1, -0.05) is 0 Å². The van der Waals surface area contributed by atoms with Gasteiger partial charge in [0.15, 0.2) is 0 Å². The van der Waals surface area contributed by atoms with Gasteiger partial charge in [0, 0.05) is 3.57 Å². The van der Waals surface area contributed by atoms with Crippen LogP contribution in [-0.4, -0.2) is 11.2 Å². The van der Waals surface area contributed by atoms with E-state index in [0.717, 1.165) is 0 Å². The van der Waals surface area contributed by atoms with Gasteiger partial charge in [0.05, 0.1) is 17.3 Å². The number of rotatable bonds is 1. The number of nitriles is 1. The third-order valence-corrected chi connectivity index (χ3v) is 2.23. The van der Waals surface area contributed by atoms with Gasteiger partial charge < -0.3 is 5.11 Å². The smallest absolute Gasteiger partial charge is 0.409 e. The average Bonchev–Trinajstić information content (AvgIpc) is 2.08.